The predicted molar refractivity (Wildman–Crippen MR) is 55.1 cm³/mol. The van der Waals surface area contributed by atoms with Crippen molar-refractivity contribution in [3.63, 3.8) is 0 Å². The highest BCUT2D eigenvalue weighted by atomic mass is 16.6. The first-order valence-corrected chi connectivity index (χ1v) is 4.90. The van der Waals surface area contributed by atoms with E-state index in [1.54, 1.807) is 6.07 Å². The molecule has 0 bridgehead atoms. The fourth-order valence-corrected chi connectivity index (χ4v) is 1.54. The van der Waals surface area contributed by atoms with E-state index in [2.05, 4.69) is 0 Å². The molecule has 1 aromatic rings. The van der Waals surface area contributed by atoms with Gasteiger partial charge in [-0.15, -0.1) is 0 Å². The molecule has 0 amide bonds. The second kappa shape index (κ2) is 4.02. The van der Waals surface area contributed by atoms with Crippen molar-refractivity contribution in [1.29, 1.82) is 0 Å². The molecule has 1 heterocycles. The third-order valence-electron chi connectivity index (χ3n) is 2.39. The number of ketones is 1. The second-order valence-electron chi connectivity index (χ2n) is 3.58. The summed E-state index contributed by atoms with van der Waals surface area (Å²) in [6, 6.07) is 3.05. The van der Waals surface area contributed by atoms with E-state index in [1.165, 1.54) is 13.0 Å². The summed E-state index contributed by atoms with van der Waals surface area (Å²) in [7, 11) is 0. The first-order valence-electron chi connectivity index (χ1n) is 4.90. The van der Waals surface area contributed by atoms with Gasteiger partial charge in [-0.25, -0.2) is 0 Å². The van der Waals surface area contributed by atoms with Crippen LogP contribution in [0.1, 0.15) is 17.3 Å². The summed E-state index contributed by atoms with van der Waals surface area (Å²) in [5.41, 5.74) is 0.181. The largest absolute Gasteiger partial charge is 0.504 e. The number of hydrogen-bond acceptors (Lipinski definition) is 5. The van der Waals surface area contributed by atoms with E-state index in [1.807, 2.05) is 0 Å². The van der Waals surface area contributed by atoms with Gasteiger partial charge in [0, 0.05) is 0 Å². The van der Waals surface area contributed by atoms with Crippen LogP contribution in [0, 0.1) is 0 Å². The van der Waals surface area contributed by atoms with Crippen molar-refractivity contribution in [3.05, 3.63) is 17.7 Å². The molecule has 1 aromatic carbocycles. The lowest BCUT2D eigenvalue weighted by molar-refractivity contribution is 0.0429. The number of carbonyl (C=O) groups excluding carboxylic acids is 1. The zero-order chi connectivity index (χ0) is 11.7. The van der Waals surface area contributed by atoms with Gasteiger partial charge in [0.2, 0.25) is 5.75 Å². The average molecular weight is 224 g/mol. The first kappa shape index (κ1) is 10.8. The molecule has 2 rings (SSSR count). The maximum absolute atomic E-state index is 11.2. The molecular formula is C11H12O5. The smallest absolute Gasteiger partial charge is 0.204 e. The van der Waals surface area contributed by atoms with Crippen molar-refractivity contribution in [2.24, 2.45) is 0 Å². The summed E-state index contributed by atoms with van der Waals surface area (Å²) in [4.78, 5) is 11.2. The van der Waals surface area contributed by atoms with E-state index in [4.69, 9.17) is 14.6 Å². The van der Waals surface area contributed by atoms with E-state index in [9.17, 15) is 9.90 Å². The van der Waals surface area contributed by atoms with Gasteiger partial charge in [0.25, 0.3) is 0 Å². The summed E-state index contributed by atoms with van der Waals surface area (Å²) in [5, 5.41) is 18.7. The number of fused-ring (bicyclic) bond motifs is 1. The number of carbonyl (C=O) groups is 1. The molecule has 1 unspecified atom stereocenters. The molecule has 1 atom stereocenters. The molecule has 0 saturated heterocycles. The number of aromatic hydroxyl groups is 1. The van der Waals surface area contributed by atoms with Crippen LogP contribution in [-0.4, -0.2) is 35.3 Å². The van der Waals surface area contributed by atoms with Crippen LogP contribution in [0.4, 0.5) is 0 Å². The molecule has 0 fully saturated rings. The molecule has 86 valence electrons. The second-order valence-corrected chi connectivity index (χ2v) is 3.58. The molecular weight excluding hydrogens is 212 g/mol. The molecule has 1 aliphatic heterocycles. The Morgan fingerprint density at radius 3 is 2.94 bits per heavy atom. The van der Waals surface area contributed by atoms with Crippen LogP contribution >= 0.6 is 0 Å². The van der Waals surface area contributed by atoms with Gasteiger partial charge in [0.05, 0.1) is 12.2 Å². The maximum Gasteiger partial charge on any atom is 0.204 e. The molecule has 16 heavy (non-hydrogen) atoms. The van der Waals surface area contributed by atoms with Crippen molar-refractivity contribution < 1.29 is 24.5 Å². The Kier molecular flexibility index (Phi) is 2.70. The number of aliphatic hydroxyl groups is 1. The van der Waals surface area contributed by atoms with Crippen LogP contribution < -0.4 is 9.47 Å². The Balaban J connectivity index is 2.43. The Labute approximate surface area is 92.2 Å². The van der Waals surface area contributed by atoms with Gasteiger partial charge < -0.3 is 19.7 Å². The van der Waals surface area contributed by atoms with E-state index in [-0.39, 0.29) is 36.1 Å². The number of hydrogen-bond donors (Lipinski definition) is 2. The van der Waals surface area contributed by atoms with Crippen molar-refractivity contribution in [2.75, 3.05) is 13.2 Å². The Bertz CT molecular complexity index is 427. The van der Waals surface area contributed by atoms with Gasteiger partial charge in [-0.3, -0.25) is 4.79 Å². The fraction of sp³-hybridized carbons (Fsp3) is 0.364. The fourth-order valence-electron chi connectivity index (χ4n) is 1.54. The third kappa shape index (κ3) is 1.69. The zero-order valence-corrected chi connectivity index (χ0v) is 8.77. The van der Waals surface area contributed by atoms with E-state index in [0.29, 0.717) is 5.75 Å². The molecule has 0 aliphatic carbocycles. The number of Topliss-reactive ketones (excluding diaryl/α,β-unsaturated/α-hetero) is 1. The standard InChI is InChI=1S/C11H12O5/c1-6(13)8-2-3-9-11(10(8)14)16-7(4-12)5-15-9/h2-3,7,12,14H,4-5H2,1H3. The van der Waals surface area contributed by atoms with Gasteiger partial charge in [-0.05, 0) is 19.1 Å². The number of benzene rings is 1. The summed E-state index contributed by atoms with van der Waals surface area (Å²) in [6.45, 7) is 1.38. The van der Waals surface area contributed by atoms with Crippen LogP contribution in [-0.2, 0) is 0 Å². The van der Waals surface area contributed by atoms with Crippen LogP contribution in [0.15, 0.2) is 12.1 Å². The Morgan fingerprint density at radius 1 is 1.56 bits per heavy atom. The summed E-state index contributed by atoms with van der Waals surface area (Å²) >= 11 is 0. The molecule has 5 heteroatoms. The lowest BCUT2D eigenvalue weighted by Crippen LogP contribution is -2.32. The topological polar surface area (TPSA) is 76.0 Å². The Morgan fingerprint density at radius 2 is 2.31 bits per heavy atom. The number of ether oxygens (including phenoxy) is 2. The number of aliphatic hydroxyl groups excluding tert-OH is 1. The number of phenols is 1. The molecule has 0 saturated carbocycles. The minimum Gasteiger partial charge on any atom is -0.504 e. The van der Waals surface area contributed by atoms with Gasteiger partial charge in [-0.1, -0.05) is 0 Å². The van der Waals surface area contributed by atoms with Gasteiger partial charge in [-0.2, -0.15) is 0 Å². The predicted octanol–water partition coefficient (Wildman–Crippen LogP) is 0.727. The lowest BCUT2D eigenvalue weighted by atomic mass is 10.1. The van der Waals surface area contributed by atoms with E-state index < -0.39 is 6.10 Å². The van der Waals surface area contributed by atoms with Crippen LogP contribution in [0.5, 0.6) is 17.2 Å². The van der Waals surface area contributed by atoms with E-state index >= 15 is 0 Å². The molecule has 0 radical (unpaired) electrons. The zero-order valence-electron chi connectivity index (χ0n) is 8.77. The molecule has 0 spiro atoms. The van der Waals surface area contributed by atoms with Crippen molar-refractivity contribution >= 4 is 5.78 Å². The Hall–Kier alpha value is -1.75. The maximum atomic E-state index is 11.2. The van der Waals surface area contributed by atoms with Crippen LogP contribution in [0.25, 0.3) is 0 Å². The normalized spacial score (nSPS) is 18.2. The monoisotopic (exact) mass is 224 g/mol. The highest BCUT2D eigenvalue weighted by molar-refractivity contribution is 5.98. The minimum absolute atomic E-state index is 0.123. The minimum atomic E-state index is -0.513. The lowest BCUT2D eigenvalue weighted by Gasteiger charge is -2.26. The van der Waals surface area contributed by atoms with Crippen LogP contribution in [0.2, 0.25) is 0 Å². The number of phenolic OH excluding ortho intramolecular Hbond substituents is 1. The number of rotatable bonds is 2. The van der Waals surface area contributed by atoms with Crippen molar-refractivity contribution in [1.82, 2.24) is 0 Å². The molecule has 5 nitrogen and oxygen atoms in total. The van der Waals surface area contributed by atoms with Crippen molar-refractivity contribution in [3.8, 4) is 17.2 Å². The summed E-state index contributed by atoms with van der Waals surface area (Å²) < 4.78 is 10.6. The first-order chi connectivity index (χ1) is 7.63. The third-order valence-corrected chi connectivity index (χ3v) is 2.39. The SMILES string of the molecule is CC(=O)c1ccc2c(c1O)OC(CO)CO2. The van der Waals surface area contributed by atoms with Gasteiger partial charge in [0.1, 0.15) is 6.61 Å². The highest BCUT2D eigenvalue weighted by Gasteiger charge is 2.25. The summed E-state index contributed by atoms with van der Waals surface area (Å²) in [5.74, 6) is 0.0170. The van der Waals surface area contributed by atoms with Crippen molar-refractivity contribution in [2.45, 2.75) is 13.0 Å². The quantitative estimate of drug-likeness (QED) is 0.724. The average Bonchev–Trinajstić information content (AvgIpc) is 2.28. The summed E-state index contributed by atoms with van der Waals surface area (Å²) in [6.07, 6.45) is -0.513. The molecule has 1 aliphatic rings. The van der Waals surface area contributed by atoms with Gasteiger partial charge >= 0.3 is 0 Å². The molecule has 0 aromatic heterocycles. The van der Waals surface area contributed by atoms with E-state index in [0.717, 1.165) is 0 Å². The van der Waals surface area contributed by atoms with Crippen LogP contribution in [0.3, 0.4) is 0 Å². The molecule has 2 N–H and O–H groups in total. The highest BCUT2D eigenvalue weighted by Crippen LogP contribution is 2.42. The van der Waals surface area contributed by atoms with Gasteiger partial charge in [0.15, 0.2) is 23.4 Å².